The summed E-state index contributed by atoms with van der Waals surface area (Å²) in [6.45, 7) is 0. The van der Waals surface area contributed by atoms with Gasteiger partial charge in [0.05, 0.1) is 0 Å². The molecule has 0 aliphatic rings. The number of phenols is 1. The van der Waals surface area contributed by atoms with Crippen molar-refractivity contribution in [3.63, 3.8) is 0 Å². The molecule has 0 fully saturated rings. The average Bonchev–Trinajstić information content (AvgIpc) is 2.47. The largest absolute Gasteiger partial charge is 1.00 e. The molecule has 1 aromatic rings. The summed E-state index contributed by atoms with van der Waals surface area (Å²) in [5.41, 5.74) is 11.1. The van der Waals surface area contributed by atoms with Crippen LogP contribution in [-0.4, -0.2) is 45.3 Å². The van der Waals surface area contributed by atoms with E-state index in [1.54, 1.807) is 12.1 Å². The van der Waals surface area contributed by atoms with Crippen LogP contribution in [0.1, 0.15) is 18.4 Å². The number of aromatic hydroxyl groups is 1. The van der Waals surface area contributed by atoms with Crippen LogP contribution in [0, 0.1) is 0 Å². The number of phenolic OH excluding ortho intramolecular Hbond substituents is 1. The van der Waals surface area contributed by atoms with E-state index in [1.807, 2.05) is 0 Å². The van der Waals surface area contributed by atoms with Crippen LogP contribution in [0.4, 0.5) is 0 Å². The number of nitrogens with two attached hydrogens (primary N) is 2. The van der Waals surface area contributed by atoms with E-state index in [-0.39, 0.29) is 54.6 Å². The molecule has 1 aromatic carbocycles. The number of benzene rings is 1. The zero-order valence-electron chi connectivity index (χ0n) is 13.2. The van der Waals surface area contributed by atoms with Crippen molar-refractivity contribution in [1.29, 1.82) is 0 Å². The molecule has 1 rings (SSSR count). The normalized spacial score (nSPS) is 11.9. The van der Waals surface area contributed by atoms with E-state index in [9.17, 15) is 19.5 Å². The molecule has 128 valence electrons. The Morgan fingerprint density at radius 3 is 1.83 bits per heavy atom. The minimum absolute atomic E-state index is 0. The first-order valence-electron chi connectivity index (χ1n) is 6.58. The molecular weight excluding hydrogens is 331 g/mol. The number of carbonyl (C=O) groups excluding carboxylic acids is 1. The van der Waals surface area contributed by atoms with Crippen molar-refractivity contribution in [2.24, 2.45) is 11.5 Å². The van der Waals surface area contributed by atoms with Crippen molar-refractivity contribution in [2.75, 3.05) is 0 Å². The van der Waals surface area contributed by atoms with Gasteiger partial charge in [-0.2, -0.15) is 0 Å². The molecule has 0 bridgehead atoms. The van der Waals surface area contributed by atoms with Crippen LogP contribution in [0.25, 0.3) is 0 Å². The molecule has 0 spiro atoms. The summed E-state index contributed by atoms with van der Waals surface area (Å²) in [6, 6.07) is 4.33. The Morgan fingerprint density at radius 2 is 1.46 bits per heavy atom. The molecular formula is C14H19N2NaO7. The topological polar surface area (TPSA) is 187 Å². The summed E-state index contributed by atoms with van der Waals surface area (Å²) in [5, 5.41) is 35.4. The molecule has 0 amide bonds. The van der Waals surface area contributed by atoms with Crippen molar-refractivity contribution < 1.29 is 64.4 Å². The molecule has 9 nitrogen and oxygen atoms in total. The van der Waals surface area contributed by atoms with E-state index in [1.165, 1.54) is 12.1 Å². The summed E-state index contributed by atoms with van der Waals surface area (Å²) in [6.07, 6.45) is -0.124. The van der Waals surface area contributed by atoms with Crippen molar-refractivity contribution in [3.05, 3.63) is 29.8 Å². The van der Waals surface area contributed by atoms with Gasteiger partial charge in [0.25, 0.3) is 0 Å². The van der Waals surface area contributed by atoms with Crippen molar-refractivity contribution in [3.8, 4) is 5.75 Å². The second kappa shape index (κ2) is 12.7. The van der Waals surface area contributed by atoms with Crippen molar-refractivity contribution in [1.82, 2.24) is 0 Å². The number of hydrogen-bond acceptors (Lipinski definition) is 7. The molecule has 24 heavy (non-hydrogen) atoms. The Balaban J connectivity index is 0. The average molecular weight is 350 g/mol. The van der Waals surface area contributed by atoms with Crippen molar-refractivity contribution in [2.45, 2.75) is 31.3 Å². The minimum Gasteiger partial charge on any atom is -0.550 e. The fourth-order valence-electron chi connectivity index (χ4n) is 1.37. The first-order valence-corrected chi connectivity index (χ1v) is 6.58. The van der Waals surface area contributed by atoms with Gasteiger partial charge in [-0.25, -0.2) is 0 Å². The maximum absolute atomic E-state index is 10.4. The van der Waals surface area contributed by atoms with E-state index < -0.39 is 30.0 Å². The van der Waals surface area contributed by atoms with Gasteiger partial charge in [0.2, 0.25) is 0 Å². The van der Waals surface area contributed by atoms with E-state index in [4.69, 9.17) is 26.8 Å². The van der Waals surface area contributed by atoms with Gasteiger partial charge in [-0.3, -0.25) is 9.59 Å². The predicted octanol–water partition coefficient (Wildman–Crippen LogP) is -4.72. The number of carboxylic acid groups (broad SMARTS) is 3. The number of carbonyl (C=O) groups is 3. The van der Waals surface area contributed by atoms with Crippen molar-refractivity contribution >= 4 is 17.9 Å². The Morgan fingerprint density at radius 1 is 1.00 bits per heavy atom. The van der Waals surface area contributed by atoms with Gasteiger partial charge in [0.15, 0.2) is 0 Å². The Kier molecular flexibility index (Phi) is 13.1. The summed E-state index contributed by atoms with van der Waals surface area (Å²) < 4.78 is 0. The summed E-state index contributed by atoms with van der Waals surface area (Å²) in [7, 11) is 0. The zero-order chi connectivity index (χ0) is 18.0. The Labute approximate surface area is 160 Å². The van der Waals surface area contributed by atoms with E-state index in [0.717, 1.165) is 5.56 Å². The van der Waals surface area contributed by atoms with E-state index >= 15 is 0 Å². The Hall–Kier alpha value is -1.65. The van der Waals surface area contributed by atoms with Crippen LogP contribution in [0.2, 0.25) is 0 Å². The molecule has 0 unspecified atom stereocenters. The fraction of sp³-hybridized carbons (Fsp3) is 0.357. The van der Waals surface area contributed by atoms with Gasteiger partial charge in [-0.15, -0.1) is 0 Å². The third-order valence-corrected chi connectivity index (χ3v) is 2.69. The predicted molar refractivity (Wildman–Crippen MR) is 77.3 cm³/mol. The van der Waals surface area contributed by atoms with E-state index in [2.05, 4.69) is 0 Å². The SMILES string of the molecule is N[C@@H](CCC(=O)[O-])C(=O)O.N[C@@H](Cc1ccc(O)cc1)C(=O)O.[Na+]. The van der Waals surface area contributed by atoms with Gasteiger partial charge in [-0.05, 0) is 37.0 Å². The number of rotatable bonds is 7. The number of aliphatic carboxylic acids is 3. The van der Waals surface area contributed by atoms with Crippen LogP contribution < -0.4 is 46.1 Å². The van der Waals surface area contributed by atoms with Crippen LogP contribution in [0.15, 0.2) is 24.3 Å². The number of hydrogen-bond donors (Lipinski definition) is 5. The van der Waals surface area contributed by atoms with Crippen LogP contribution in [0.3, 0.4) is 0 Å². The summed E-state index contributed by atoms with van der Waals surface area (Å²) >= 11 is 0. The van der Waals surface area contributed by atoms with Gasteiger partial charge in [0, 0.05) is 5.97 Å². The van der Waals surface area contributed by atoms with Gasteiger partial charge < -0.3 is 36.7 Å². The molecule has 0 saturated carbocycles. The molecule has 2 atom stereocenters. The Bertz CT molecular complexity index is 536. The maximum Gasteiger partial charge on any atom is 1.00 e. The second-order valence-electron chi connectivity index (χ2n) is 4.67. The minimum atomic E-state index is -1.28. The monoisotopic (exact) mass is 350 g/mol. The first kappa shape index (κ1) is 24.6. The smallest absolute Gasteiger partial charge is 0.550 e. The molecule has 0 radical (unpaired) electrons. The molecule has 0 saturated heterocycles. The molecule has 10 heteroatoms. The quantitative estimate of drug-likeness (QED) is 0.301. The van der Waals surface area contributed by atoms with E-state index in [0.29, 0.717) is 0 Å². The molecule has 0 heterocycles. The zero-order valence-corrected chi connectivity index (χ0v) is 15.2. The molecule has 7 N–H and O–H groups in total. The van der Waals surface area contributed by atoms with Gasteiger partial charge in [-0.1, -0.05) is 12.1 Å². The van der Waals surface area contributed by atoms with Gasteiger partial charge >= 0.3 is 41.5 Å². The number of carboxylic acids is 3. The third kappa shape index (κ3) is 11.9. The van der Waals surface area contributed by atoms with Crippen LogP contribution in [0.5, 0.6) is 5.75 Å². The maximum atomic E-state index is 10.4. The summed E-state index contributed by atoms with van der Waals surface area (Å²) in [4.78, 5) is 30.1. The molecule has 0 aliphatic heterocycles. The second-order valence-corrected chi connectivity index (χ2v) is 4.67. The third-order valence-electron chi connectivity index (χ3n) is 2.69. The fourth-order valence-corrected chi connectivity index (χ4v) is 1.37. The molecule has 0 aliphatic carbocycles. The standard InChI is InChI=1S/C9H11NO3.C5H9NO4.Na/c10-8(9(12)13)5-6-1-3-7(11)4-2-6;6-3(5(9)10)1-2-4(7)8;/h1-4,8,11H,5,10H2,(H,12,13);3H,1-2,6H2,(H,7,8)(H,9,10);/q;;+1/p-1/t8-;3-;/m00./s1. The van der Waals surface area contributed by atoms with Crippen LogP contribution >= 0.6 is 0 Å². The van der Waals surface area contributed by atoms with Crippen LogP contribution in [-0.2, 0) is 20.8 Å². The van der Waals surface area contributed by atoms with Gasteiger partial charge in [0.1, 0.15) is 17.8 Å². The summed E-state index contributed by atoms with van der Waals surface area (Å²) in [5.74, 6) is -3.33. The molecule has 0 aromatic heterocycles. The first-order chi connectivity index (χ1) is 10.6.